The summed E-state index contributed by atoms with van der Waals surface area (Å²) < 4.78 is 40.1. The van der Waals surface area contributed by atoms with Crippen molar-refractivity contribution in [3.63, 3.8) is 0 Å². The van der Waals surface area contributed by atoms with Crippen molar-refractivity contribution in [2.45, 2.75) is 89.7 Å². The van der Waals surface area contributed by atoms with Crippen molar-refractivity contribution in [3.8, 4) is 17.0 Å². The quantitative estimate of drug-likeness (QED) is 0.312. The fourth-order valence-corrected chi connectivity index (χ4v) is 6.14. The second kappa shape index (κ2) is 11.2. The molecule has 1 saturated carbocycles. The molecule has 2 aliphatic rings. The van der Waals surface area contributed by atoms with E-state index in [1.54, 1.807) is 13.3 Å². The highest BCUT2D eigenvalue weighted by molar-refractivity contribution is 5.81. The Kier molecular flexibility index (Phi) is 7.89. The number of aryl methyl sites for hydroxylation is 1. The van der Waals surface area contributed by atoms with Gasteiger partial charge in [0.25, 0.3) is 5.92 Å². The second-order valence-corrected chi connectivity index (χ2v) is 11.1. The van der Waals surface area contributed by atoms with Crippen molar-refractivity contribution >= 4 is 11.5 Å². The van der Waals surface area contributed by atoms with Gasteiger partial charge in [-0.05, 0) is 52.0 Å². The molecule has 1 aliphatic carbocycles. The Morgan fingerprint density at radius 3 is 2.62 bits per heavy atom. The summed E-state index contributed by atoms with van der Waals surface area (Å²) in [5.74, 6) is -0.959. The Balaban J connectivity index is 1.38. The molecule has 7 nitrogen and oxygen atoms in total. The molecule has 5 rings (SSSR count). The molecule has 9 heteroatoms. The smallest absolute Gasteiger partial charge is 0.310 e. The second-order valence-electron chi connectivity index (χ2n) is 11.1. The van der Waals surface area contributed by atoms with Gasteiger partial charge >= 0.3 is 5.97 Å². The molecule has 0 bridgehead atoms. The number of aromatic nitrogens is 3. The van der Waals surface area contributed by atoms with Gasteiger partial charge in [0.2, 0.25) is 0 Å². The molecule has 1 aromatic carbocycles. The minimum Gasteiger partial charge on any atom is -0.496 e. The number of rotatable bonds is 9. The Morgan fingerprint density at radius 1 is 1.21 bits per heavy atom. The van der Waals surface area contributed by atoms with Gasteiger partial charge in [-0.1, -0.05) is 25.5 Å². The van der Waals surface area contributed by atoms with E-state index in [0.717, 1.165) is 72.4 Å². The van der Waals surface area contributed by atoms with Crippen LogP contribution in [-0.2, 0) is 16.0 Å². The van der Waals surface area contributed by atoms with Crippen LogP contribution in [-0.4, -0.2) is 63.5 Å². The molecule has 0 amide bonds. The number of carbonyl (C=O) groups is 1. The van der Waals surface area contributed by atoms with Gasteiger partial charge in [0.15, 0.2) is 0 Å². The number of fused-ring (bicyclic) bond motifs is 1. The topological polar surface area (TPSA) is 69.0 Å². The van der Waals surface area contributed by atoms with Crippen LogP contribution in [0.5, 0.6) is 5.75 Å². The van der Waals surface area contributed by atoms with Gasteiger partial charge in [-0.3, -0.25) is 19.1 Å². The zero-order valence-electron chi connectivity index (χ0n) is 23.3. The Bertz CT molecular complexity index is 1330. The number of hydrogen-bond donors (Lipinski definition) is 0. The number of halogens is 2. The van der Waals surface area contributed by atoms with E-state index < -0.39 is 5.92 Å². The Hall–Kier alpha value is -3.07. The lowest BCUT2D eigenvalue weighted by Gasteiger charge is -2.46. The summed E-state index contributed by atoms with van der Waals surface area (Å²) in [6, 6.07) is 6.03. The molecular weight excluding hydrogens is 502 g/mol. The van der Waals surface area contributed by atoms with Crippen molar-refractivity contribution in [1.82, 2.24) is 19.3 Å². The molecule has 0 unspecified atom stereocenters. The van der Waals surface area contributed by atoms with Gasteiger partial charge in [-0.2, -0.15) is 0 Å². The number of carbonyl (C=O) groups excluding carboxylic acids is 1. The van der Waals surface area contributed by atoms with Crippen LogP contribution in [0.1, 0.15) is 75.4 Å². The molecule has 3 aromatic rings. The van der Waals surface area contributed by atoms with E-state index in [1.165, 1.54) is 0 Å². The van der Waals surface area contributed by atoms with Crippen LogP contribution >= 0.6 is 0 Å². The SMILES string of the molecule is CCC[C@H](C)OC(=O)Cc1ccc(-c2nc(C3CCC(N4CC(F)(F)C4)CC3)n3ccnc(C)c23)cc1OC. The number of imidazole rings is 1. The first-order valence-corrected chi connectivity index (χ1v) is 14.0. The first-order valence-electron chi connectivity index (χ1n) is 14.0. The predicted molar refractivity (Wildman–Crippen MR) is 145 cm³/mol. The summed E-state index contributed by atoms with van der Waals surface area (Å²) in [6.45, 7) is 5.73. The molecule has 0 N–H and O–H groups in total. The summed E-state index contributed by atoms with van der Waals surface area (Å²) in [4.78, 5) is 24.1. The van der Waals surface area contributed by atoms with Crippen LogP contribution in [0.3, 0.4) is 0 Å². The summed E-state index contributed by atoms with van der Waals surface area (Å²) in [5, 5.41) is 0. The maximum Gasteiger partial charge on any atom is 0.310 e. The van der Waals surface area contributed by atoms with Crippen LogP contribution < -0.4 is 4.74 Å². The van der Waals surface area contributed by atoms with Crippen molar-refractivity contribution in [2.75, 3.05) is 20.2 Å². The van der Waals surface area contributed by atoms with Gasteiger partial charge in [-0.25, -0.2) is 13.8 Å². The number of nitrogens with zero attached hydrogens (tertiary/aromatic N) is 4. The number of alkyl halides is 2. The lowest BCUT2D eigenvalue weighted by atomic mass is 9.83. The fourth-order valence-electron chi connectivity index (χ4n) is 6.14. The summed E-state index contributed by atoms with van der Waals surface area (Å²) in [6.07, 6.45) is 9.17. The highest BCUT2D eigenvalue weighted by atomic mass is 19.3. The number of esters is 1. The maximum atomic E-state index is 13.4. The summed E-state index contributed by atoms with van der Waals surface area (Å²) in [5.41, 5.74) is 4.30. The third-order valence-electron chi connectivity index (χ3n) is 8.14. The number of benzene rings is 1. The third-order valence-corrected chi connectivity index (χ3v) is 8.14. The van der Waals surface area contributed by atoms with Crippen LogP contribution in [0, 0.1) is 6.92 Å². The zero-order chi connectivity index (χ0) is 27.7. The Morgan fingerprint density at radius 2 is 1.95 bits per heavy atom. The molecule has 2 fully saturated rings. The van der Waals surface area contributed by atoms with E-state index in [0.29, 0.717) is 5.75 Å². The van der Waals surface area contributed by atoms with Crippen molar-refractivity contribution < 1.29 is 23.0 Å². The lowest BCUT2D eigenvalue weighted by molar-refractivity contribution is -0.150. The number of hydrogen-bond acceptors (Lipinski definition) is 6. The van der Waals surface area contributed by atoms with E-state index in [-0.39, 0.29) is 43.5 Å². The maximum absolute atomic E-state index is 13.4. The van der Waals surface area contributed by atoms with Crippen LogP contribution in [0.25, 0.3) is 16.8 Å². The highest BCUT2D eigenvalue weighted by Gasteiger charge is 2.47. The molecule has 1 aliphatic heterocycles. The minimum absolute atomic E-state index is 0.111. The average molecular weight is 541 g/mol. The van der Waals surface area contributed by atoms with Gasteiger partial charge in [-0.15, -0.1) is 0 Å². The lowest BCUT2D eigenvalue weighted by Crippen LogP contribution is -2.60. The van der Waals surface area contributed by atoms with Crippen molar-refractivity contribution in [3.05, 3.63) is 47.7 Å². The molecule has 3 heterocycles. The number of likely N-dealkylation sites (tertiary alicyclic amines) is 1. The molecule has 0 spiro atoms. The molecule has 1 saturated heterocycles. The van der Waals surface area contributed by atoms with E-state index >= 15 is 0 Å². The largest absolute Gasteiger partial charge is 0.496 e. The predicted octanol–water partition coefficient (Wildman–Crippen LogP) is 5.96. The molecule has 0 radical (unpaired) electrons. The van der Waals surface area contributed by atoms with Crippen LogP contribution in [0.4, 0.5) is 8.78 Å². The van der Waals surface area contributed by atoms with E-state index in [1.807, 2.05) is 43.1 Å². The molecule has 39 heavy (non-hydrogen) atoms. The summed E-state index contributed by atoms with van der Waals surface area (Å²) in [7, 11) is 1.60. The van der Waals surface area contributed by atoms with Crippen LogP contribution in [0.15, 0.2) is 30.6 Å². The minimum atomic E-state index is -2.53. The zero-order valence-corrected chi connectivity index (χ0v) is 23.3. The standard InChI is InChI=1S/C30H38F2N4O3/c1-5-6-19(2)39-26(37)16-22-7-8-23(15-25(22)38-4)27-28-20(3)33-13-14-36(28)29(34-27)21-9-11-24(12-10-21)35-17-30(31,32)18-35/h7-8,13-15,19,21,24H,5-6,9-12,16-18H2,1-4H3/t19-,21?,24?/m0/s1. The molecular formula is C30H38F2N4O3. The third kappa shape index (κ3) is 5.78. The van der Waals surface area contributed by atoms with Gasteiger partial charge in [0, 0.05) is 35.5 Å². The normalized spacial score (nSPS) is 21.9. The molecule has 1 atom stereocenters. The average Bonchev–Trinajstić information content (AvgIpc) is 3.28. The number of ether oxygens (including phenoxy) is 2. The first-order chi connectivity index (χ1) is 18.7. The first kappa shape index (κ1) is 27.5. The molecule has 2 aromatic heterocycles. The highest BCUT2D eigenvalue weighted by Crippen LogP contribution is 2.40. The Labute approximate surface area is 228 Å². The van der Waals surface area contributed by atoms with Gasteiger partial charge in [0.1, 0.15) is 11.6 Å². The van der Waals surface area contributed by atoms with Crippen molar-refractivity contribution in [2.24, 2.45) is 0 Å². The fraction of sp³-hybridized carbons (Fsp3) is 0.567. The van der Waals surface area contributed by atoms with Gasteiger partial charge in [0.05, 0.1) is 49.6 Å². The van der Waals surface area contributed by atoms with Crippen LogP contribution in [0.2, 0.25) is 0 Å². The summed E-state index contributed by atoms with van der Waals surface area (Å²) >= 11 is 0. The molecule has 210 valence electrons. The van der Waals surface area contributed by atoms with Crippen molar-refractivity contribution in [1.29, 1.82) is 0 Å². The van der Waals surface area contributed by atoms with Gasteiger partial charge < -0.3 is 9.47 Å². The monoisotopic (exact) mass is 540 g/mol. The van der Waals surface area contributed by atoms with E-state index in [4.69, 9.17) is 14.5 Å². The van der Waals surface area contributed by atoms with E-state index in [9.17, 15) is 13.6 Å². The van der Waals surface area contributed by atoms with E-state index in [2.05, 4.69) is 16.3 Å². The number of methoxy groups -OCH3 is 1.